The summed E-state index contributed by atoms with van der Waals surface area (Å²) < 4.78 is 102. The van der Waals surface area contributed by atoms with Crippen LogP contribution >= 0.6 is 11.6 Å². The molecule has 5 aromatic rings. The maximum atomic E-state index is 16.0. The lowest BCUT2D eigenvalue weighted by Crippen LogP contribution is -2.31. The van der Waals surface area contributed by atoms with Gasteiger partial charge in [-0.3, -0.25) is 9.00 Å². The Kier molecular flexibility index (Phi) is 12.8. The van der Waals surface area contributed by atoms with Gasteiger partial charge in [0.1, 0.15) is 17.6 Å². The molecule has 0 aliphatic heterocycles. The number of nitriles is 1. The molecule has 0 saturated heterocycles. The second-order valence-electron chi connectivity index (χ2n) is 12.4. The summed E-state index contributed by atoms with van der Waals surface area (Å²) in [6.45, 7) is 3.82. The number of carbonyl (C=O) groups excluding carboxylic acids is 1. The summed E-state index contributed by atoms with van der Waals surface area (Å²) in [6, 6.07) is 20.7. The zero-order chi connectivity index (χ0) is 39.2. The maximum absolute atomic E-state index is 16.0. The number of hydrogen-bond acceptors (Lipinski definition) is 6. The van der Waals surface area contributed by atoms with Gasteiger partial charge in [-0.2, -0.15) is 23.5 Å². The Labute approximate surface area is 318 Å². The second-order valence-corrected chi connectivity index (χ2v) is 16.0. The molecule has 8 nitrogen and oxygen atoms in total. The number of rotatable bonds is 14. The van der Waals surface area contributed by atoms with Crippen molar-refractivity contribution in [2.75, 3.05) is 5.75 Å². The third-order valence-corrected chi connectivity index (χ3v) is 11.8. The number of nitrogens with one attached hydrogen (secondary N) is 1. The molecule has 0 radical (unpaired) electrons. The second kappa shape index (κ2) is 17.1. The summed E-state index contributed by atoms with van der Waals surface area (Å²) in [7, 11) is -6.07. The first-order chi connectivity index (χ1) is 25.7. The first-order valence-electron chi connectivity index (χ1n) is 17.0. The van der Waals surface area contributed by atoms with Crippen LogP contribution in [0.3, 0.4) is 0 Å². The van der Waals surface area contributed by atoms with Gasteiger partial charge in [0.25, 0.3) is 15.9 Å². The van der Waals surface area contributed by atoms with E-state index < -0.39 is 50.0 Å². The fourth-order valence-corrected chi connectivity index (χ4v) is 8.51. The molecule has 5 rings (SSSR count). The summed E-state index contributed by atoms with van der Waals surface area (Å²) in [5.74, 6) is -1.48. The van der Waals surface area contributed by atoms with Crippen LogP contribution in [0.4, 0.5) is 17.6 Å². The lowest BCUT2D eigenvalue weighted by Gasteiger charge is -2.15. The molecule has 0 aliphatic carbocycles. The number of alkyl halides is 3. The van der Waals surface area contributed by atoms with Crippen LogP contribution < -0.4 is 4.72 Å². The molecule has 1 aromatic heterocycles. The van der Waals surface area contributed by atoms with Crippen molar-refractivity contribution in [3.05, 3.63) is 129 Å². The number of carbonyl (C=O) groups is 1. The fourth-order valence-electron chi connectivity index (χ4n) is 5.84. The van der Waals surface area contributed by atoms with Crippen LogP contribution in [-0.2, 0) is 39.8 Å². The number of unbranched alkanes of at least 4 members (excludes halogenated alkanes) is 2. The highest BCUT2D eigenvalue weighted by atomic mass is 35.5. The fraction of sp³-hybridized carbons (Fsp3) is 0.256. The molecule has 0 fully saturated rings. The van der Waals surface area contributed by atoms with E-state index in [9.17, 15) is 35.9 Å². The largest absolute Gasteiger partial charge is 0.418 e. The van der Waals surface area contributed by atoms with Crippen LogP contribution in [0.2, 0.25) is 5.02 Å². The normalized spacial score (nSPS) is 12.3. The van der Waals surface area contributed by atoms with Crippen LogP contribution in [-0.4, -0.2) is 34.1 Å². The number of aryl methyl sites for hydroxylation is 1. The molecule has 1 unspecified atom stereocenters. The van der Waals surface area contributed by atoms with Gasteiger partial charge in [0.05, 0.1) is 43.2 Å². The van der Waals surface area contributed by atoms with Crippen LogP contribution in [0, 0.1) is 17.1 Å². The van der Waals surface area contributed by atoms with Gasteiger partial charge in [-0.25, -0.2) is 22.2 Å². The number of amides is 1. The Hall–Kier alpha value is -4.84. The standard InChI is InChI=1S/C39H35ClF4N4O4S2/c1-3-5-14-34-30(36(24-45)48(46-34)35-23-27(53(50)20-6-4-2)18-19-31(35)39(42,43)44)21-26-17-16-25(22-33(26)41)28-11-8-10-15-37(28)54(51,52)47-38(49)29-12-7-9-13-32(29)40/h7-13,15-19,22-23H,3-6,14,20-21H2,1-2H3,(H,47,49). The summed E-state index contributed by atoms with van der Waals surface area (Å²) in [5, 5.41) is 14.9. The number of benzene rings is 4. The first-order valence-corrected chi connectivity index (χ1v) is 20.2. The molecule has 1 N–H and O–H groups in total. The molecule has 1 amide bonds. The zero-order valence-corrected chi connectivity index (χ0v) is 31.6. The van der Waals surface area contributed by atoms with Crippen molar-refractivity contribution < 1.29 is 35.0 Å². The predicted octanol–water partition coefficient (Wildman–Crippen LogP) is 9.18. The van der Waals surface area contributed by atoms with Crippen molar-refractivity contribution in [3.63, 3.8) is 0 Å². The number of sulfonamides is 1. The molecular formula is C39H35ClF4N4O4S2. The van der Waals surface area contributed by atoms with Gasteiger partial charge in [-0.1, -0.05) is 80.8 Å². The predicted molar refractivity (Wildman–Crippen MR) is 199 cm³/mol. The molecule has 0 aliphatic rings. The highest BCUT2D eigenvalue weighted by Gasteiger charge is 2.36. The van der Waals surface area contributed by atoms with Crippen molar-refractivity contribution in [1.29, 1.82) is 5.26 Å². The van der Waals surface area contributed by atoms with Gasteiger partial charge in [0.2, 0.25) is 0 Å². The maximum Gasteiger partial charge on any atom is 0.418 e. The summed E-state index contributed by atoms with van der Waals surface area (Å²) >= 11 is 6.08. The SMILES string of the molecule is CCCCc1nn(-c2cc(S(=O)CCCC)ccc2C(F)(F)F)c(C#N)c1Cc1ccc(-c2ccccc2S(=O)(=O)NC(=O)c2ccccc2Cl)cc1F. The quantitative estimate of drug-likeness (QED) is 0.112. The van der Waals surface area contributed by atoms with Gasteiger partial charge in [0.15, 0.2) is 0 Å². The van der Waals surface area contributed by atoms with Crippen molar-refractivity contribution in [2.24, 2.45) is 0 Å². The van der Waals surface area contributed by atoms with E-state index in [1.54, 1.807) is 12.1 Å². The molecule has 54 heavy (non-hydrogen) atoms. The third kappa shape index (κ3) is 8.92. The summed E-state index contributed by atoms with van der Waals surface area (Å²) in [5.41, 5.74) is -0.943. The minimum Gasteiger partial charge on any atom is -0.268 e. The first kappa shape index (κ1) is 40.3. The number of nitrogens with zero attached hydrogens (tertiary/aromatic N) is 3. The van der Waals surface area contributed by atoms with Crippen molar-refractivity contribution in [3.8, 4) is 22.9 Å². The highest BCUT2D eigenvalue weighted by molar-refractivity contribution is 7.90. The smallest absolute Gasteiger partial charge is 0.268 e. The van der Waals surface area contributed by atoms with Gasteiger partial charge < -0.3 is 0 Å². The minimum atomic E-state index is -4.83. The van der Waals surface area contributed by atoms with E-state index in [-0.39, 0.29) is 60.5 Å². The number of hydrogen-bond donors (Lipinski definition) is 1. The average molecular weight is 799 g/mol. The zero-order valence-electron chi connectivity index (χ0n) is 29.2. The molecule has 1 atom stereocenters. The van der Waals surface area contributed by atoms with E-state index in [4.69, 9.17) is 11.6 Å². The van der Waals surface area contributed by atoms with E-state index >= 15 is 4.39 Å². The van der Waals surface area contributed by atoms with Crippen LogP contribution in [0.25, 0.3) is 16.8 Å². The van der Waals surface area contributed by atoms with E-state index in [1.165, 1.54) is 54.6 Å². The molecule has 1 heterocycles. The van der Waals surface area contributed by atoms with E-state index in [2.05, 4.69) is 5.10 Å². The van der Waals surface area contributed by atoms with Crippen LogP contribution in [0.5, 0.6) is 0 Å². The third-order valence-electron chi connectivity index (χ3n) is 8.64. The molecule has 0 bridgehead atoms. The number of halogens is 5. The molecule has 15 heteroatoms. The Bertz CT molecular complexity index is 2370. The monoisotopic (exact) mass is 798 g/mol. The van der Waals surface area contributed by atoms with E-state index in [0.29, 0.717) is 31.4 Å². The minimum absolute atomic E-state index is 0.0484. The molecule has 0 spiro atoms. The Morgan fingerprint density at radius 1 is 0.981 bits per heavy atom. The van der Waals surface area contributed by atoms with Gasteiger partial charge in [0, 0.05) is 28.2 Å². The summed E-state index contributed by atoms with van der Waals surface area (Å²) in [6.07, 6.45) is -2.12. The van der Waals surface area contributed by atoms with Crippen molar-refractivity contribution in [2.45, 2.75) is 68.3 Å². The lowest BCUT2D eigenvalue weighted by molar-refractivity contribution is -0.137. The lowest BCUT2D eigenvalue weighted by atomic mass is 9.97. The number of aromatic nitrogens is 2. The highest BCUT2D eigenvalue weighted by Crippen LogP contribution is 2.37. The molecular weight excluding hydrogens is 764 g/mol. The van der Waals surface area contributed by atoms with Gasteiger partial charge in [-0.15, -0.1) is 0 Å². The van der Waals surface area contributed by atoms with E-state index in [0.717, 1.165) is 29.3 Å². The average Bonchev–Trinajstić information content (AvgIpc) is 3.49. The molecule has 282 valence electrons. The topological polar surface area (TPSA) is 122 Å². The van der Waals surface area contributed by atoms with Crippen molar-refractivity contribution >= 4 is 38.3 Å². The van der Waals surface area contributed by atoms with E-state index in [1.807, 2.05) is 24.6 Å². The molecule has 4 aromatic carbocycles. The Balaban J connectivity index is 1.55. The molecule has 0 saturated carbocycles. The Morgan fingerprint density at radius 3 is 2.35 bits per heavy atom. The van der Waals surface area contributed by atoms with Crippen LogP contribution in [0.15, 0.2) is 94.7 Å². The summed E-state index contributed by atoms with van der Waals surface area (Å²) in [4.78, 5) is 12.7. The van der Waals surface area contributed by atoms with Crippen LogP contribution in [0.1, 0.15) is 78.0 Å². The Morgan fingerprint density at radius 2 is 1.69 bits per heavy atom. The van der Waals surface area contributed by atoms with Crippen molar-refractivity contribution in [1.82, 2.24) is 14.5 Å². The van der Waals surface area contributed by atoms with Gasteiger partial charge in [-0.05, 0) is 72.9 Å². The van der Waals surface area contributed by atoms with Gasteiger partial charge >= 0.3 is 6.18 Å².